The van der Waals surface area contributed by atoms with E-state index in [0.717, 1.165) is 38.0 Å². The first-order valence-corrected chi connectivity index (χ1v) is 8.54. The van der Waals surface area contributed by atoms with Gasteiger partial charge in [0.1, 0.15) is 5.82 Å². The van der Waals surface area contributed by atoms with E-state index in [9.17, 15) is 13.6 Å². The molecule has 2 N–H and O–H groups in total. The van der Waals surface area contributed by atoms with Gasteiger partial charge in [0.2, 0.25) is 0 Å². The molecule has 0 unspecified atom stereocenters. The third-order valence-corrected chi connectivity index (χ3v) is 4.47. The average Bonchev–Trinajstić information content (AvgIpc) is 2.62. The van der Waals surface area contributed by atoms with Crippen molar-refractivity contribution in [3.63, 3.8) is 0 Å². The Morgan fingerprint density at radius 2 is 2.04 bits per heavy atom. The Kier molecular flexibility index (Phi) is 7.48. The second-order valence-electron chi connectivity index (χ2n) is 6.39. The zero-order chi connectivity index (χ0) is 17.6. The molecule has 3 rings (SSSR count). The van der Waals surface area contributed by atoms with Gasteiger partial charge in [-0.15, -0.1) is 12.4 Å². The molecule has 7 heteroatoms. The standard InChI is InChI=1S/C19H21F2N3O.ClH/c20-15-10-17(21)18(23-12-15)19(25)24-16-7-5-13(6-8-16)3-4-14-2-1-9-22-11-14;/h5-8,10,12,14,22H,1-4,9,11H2,(H,24,25);1H/t14-;/m0./s1. The van der Waals surface area contributed by atoms with Crippen molar-refractivity contribution in [2.45, 2.75) is 25.7 Å². The molecular formula is C19H22ClF2N3O. The molecule has 1 aliphatic heterocycles. The van der Waals surface area contributed by atoms with Crippen LogP contribution in [-0.2, 0) is 6.42 Å². The molecule has 1 aromatic carbocycles. The molecule has 2 aromatic rings. The van der Waals surface area contributed by atoms with Crippen molar-refractivity contribution in [3.8, 4) is 0 Å². The predicted molar refractivity (Wildman–Crippen MR) is 99.7 cm³/mol. The van der Waals surface area contributed by atoms with Gasteiger partial charge in [-0.05, 0) is 62.4 Å². The fourth-order valence-electron chi connectivity index (χ4n) is 3.07. The topological polar surface area (TPSA) is 54.0 Å². The smallest absolute Gasteiger partial charge is 0.277 e. The summed E-state index contributed by atoms with van der Waals surface area (Å²) in [7, 11) is 0. The van der Waals surface area contributed by atoms with Crippen LogP contribution in [0.25, 0.3) is 0 Å². The summed E-state index contributed by atoms with van der Waals surface area (Å²) < 4.78 is 26.4. The molecule has 4 nitrogen and oxygen atoms in total. The maximum atomic E-state index is 13.6. The summed E-state index contributed by atoms with van der Waals surface area (Å²) in [5, 5.41) is 6.00. The lowest BCUT2D eigenvalue weighted by molar-refractivity contribution is 0.101. The lowest BCUT2D eigenvalue weighted by Crippen LogP contribution is -2.29. The number of benzene rings is 1. The van der Waals surface area contributed by atoms with Crippen LogP contribution in [0.5, 0.6) is 0 Å². The number of halogens is 3. The molecule has 0 aliphatic carbocycles. The minimum atomic E-state index is -0.977. The molecule has 0 bridgehead atoms. The van der Waals surface area contributed by atoms with E-state index in [1.165, 1.54) is 18.4 Å². The summed E-state index contributed by atoms with van der Waals surface area (Å²) >= 11 is 0. The number of nitrogens with zero attached hydrogens (tertiary/aromatic N) is 1. The van der Waals surface area contributed by atoms with E-state index in [2.05, 4.69) is 15.6 Å². The number of rotatable bonds is 5. The highest BCUT2D eigenvalue weighted by atomic mass is 35.5. The number of carbonyl (C=O) groups excluding carboxylic acids is 1. The van der Waals surface area contributed by atoms with Crippen LogP contribution in [0.2, 0.25) is 0 Å². The normalized spacial score (nSPS) is 16.6. The average molecular weight is 382 g/mol. The van der Waals surface area contributed by atoms with Crippen molar-refractivity contribution in [2.24, 2.45) is 5.92 Å². The monoisotopic (exact) mass is 381 g/mol. The molecule has 2 heterocycles. The van der Waals surface area contributed by atoms with Gasteiger partial charge in [-0.25, -0.2) is 13.8 Å². The molecule has 140 valence electrons. The van der Waals surface area contributed by atoms with Crippen LogP contribution in [0.1, 0.15) is 35.3 Å². The number of carbonyl (C=O) groups is 1. The Hall–Kier alpha value is -2.05. The van der Waals surface area contributed by atoms with E-state index in [4.69, 9.17) is 0 Å². The van der Waals surface area contributed by atoms with E-state index in [0.29, 0.717) is 11.8 Å². The minimum Gasteiger partial charge on any atom is -0.321 e. The summed E-state index contributed by atoms with van der Waals surface area (Å²) in [5.41, 5.74) is 1.34. The summed E-state index contributed by atoms with van der Waals surface area (Å²) in [4.78, 5) is 15.5. The predicted octanol–water partition coefficient (Wildman–Crippen LogP) is 3.97. The van der Waals surface area contributed by atoms with Crippen molar-refractivity contribution < 1.29 is 13.6 Å². The van der Waals surface area contributed by atoms with Crippen LogP contribution in [0.3, 0.4) is 0 Å². The van der Waals surface area contributed by atoms with Crippen LogP contribution in [0, 0.1) is 17.6 Å². The lowest BCUT2D eigenvalue weighted by Gasteiger charge is -2.22. The molecule has 1 amide bonds. The van der Waals surface area contributed by atoms with Gasteiger partial charge in [0.05, 0.1) is 6.20 Å². The zero-order valence-corrected chi connectivity index (χ0v) is 15.1. The molecule has 1 fully saturated rings. The van der Waals surface area contributed by atoms with Crippen molar-refractivity contribution in [1.29, 1.82) is 0 Å². The first kappa shape index (κ1) is 20.3. The van der Waals surface area contributed by atoms with Gasteiger partial charge in [-0.3, -0.25) is 4.79 Å². The number of anilines is 1. The minimum absolute atomic E-state index is 0. The first-order valence-electron chi connectivity index (χ1n) is 8.54. The van der Waals surface area contributed by atoms with Gasteiger partial charge in [0, 0.05) is 11.8 Å². The third-order valence-electron chi connectivity index (χ3n) is 4.47. The fraction of sp³-hybridized carbons (Fsp3) is 0.368. The highest BCUT2D eigenvalue weighted by molar-refractivity contribution is 6.03. The largest absolute Gasteiger partial charge is 0.321 e. The van der Waals surface area contributed by atoms with Crippen LogP contribution >= 0.6 is 12.4 Å². The third kappa shape index (κ3) is 5.47. The number of hydrogen-bond donors (Lipinski definition) is 2. The fourth-order valence-corrected chi connectivity index (χ4v) is 3.07. The molecular weight excluding hydrogens is 360 g/mol. The number of hydrogen-bond acceptors (Lipinski definition) is 3. The number of nitrogens with one attached hydrogen (secondary N) is 2. The van der Waals surface area contributed by atoms with Gasteiger partial charge < -0.3 is 10.6 Å². The Bertz CT molecular complexity index is 734. The molecule has 1 aliphatic rings. The van der Waals surface area contributed by atoms with Crippen molar-refractivity contribution in [1.82, 2.24) is 10.3 Å². The number of aryl methyl sites for hydroxylation is 1. The van der Waals surface area contributed by atoms with Crippen LogP contribution in [0.15, 0.2) is 36.5 Å². The maximum absolute atomic E-state index is 13.6. The molecule has 1 atom stereocenters. The van der Waals surface area contributed by atoms with Crippen molar-refractivity contribution >= 4 is 24.0 Å². The molecule has 0 radical (unpaired) electrons. The first-order chi connectivity index (χ1) is 12.1. The molecule has 26 heavy (non-hydrogen) atoms. The highest BCUT2D eigenvalue weighted by Crippen LogP contribution is 2.19. The number of piperidine rings is 1. The quantitative estimate of drug-likeness (QED) is 0.824. The summed E-state index contributed by atoms with van der Waals surface area (Å²) in [6.07, 6.45) is 5.47. The second kappa shape index (κ2) is 9.59. The second-order valence-corrected chi connectivity index (χ2v) is 6.39. The van der Waals surface area contributed by atoms with Gasteiger partial charge in [0.25, 0.3) is 5.91 Å². The van der Waals surface area contributed by atoms with E-state index in [1.807, 2.05) is 12.1 Å². The van der Waals surface area contributed by atoms with Crippen molar-refractivity contribution in [2.75, 3.05) is 18.4 Å². The van der Waals surface area contributed by atoms with Gasteiger partial charge >= 0.3 is 0 Å². The Labute approximate surface area is 157 Å². The summed E-state index contributed by atoms with van der Waals surface area (Å²) in [6.45, 7) is 2.21. The maximum Gasteiger partial charge on any atom is 0.277 e. The summed E-state index contributed by atoms with van der Waals surface area (Å²) in [6, 6.07) is 8.13. The summed E-state index contributed by atoms with van der Waals surface area (Å²) in [5.74, 6) is -1.76. The van der Waals surface area contributed by atoms with E-state index in [-0.39, 0.29) is 12.4 Å². The Morgan fingerprint density at radius 3 is 2.69 bits per heavy atom. The van der Waals surface area contributed by atoms with E-state index >= 15 is 0 Å². The van der Waals surface area contributed by atoms with Gasteiger partial charge in [-0.1, -0.05) is 12.1 Å². The molecule has 1 aromatic heterocycles. The SMILES string of the molecule is Cl.O=C(Nc1ccc(CC[C@@H]2CCCNC2)cc1)c1ncc(F)cc1F. The van der Waals surface area contributed by atoms with Crippen LogP contribution in [-0.4, -0.2) is 24.0 Å². The van der Waals surface area contributed by atoms with Gasteiger partial charge in [-0.2, -0.15) is 0 Å². The number of amides is 1. The Balaban J connectivity index is 0.00000243. The van der Waals surface area contributed by atoms with Crippen molar-refractivity contribution in [3.05, 3.63) is 59.4 Å². The van der Waals surface area contributed by atoms with Gasteiger partial charge in [0.15, 0.2) is 11.5 Å². The van der Waals surface area contributed by atoms with E-state index < -0.39 is 23.2 Å². The Morgan fingerprint density at radius 1 is 1.27 bits per heavy atom. The molecule has 0 saturated carbocycles. The van der Waals surface area contributed by atoms with Crippen LogP contribution in [0.4, 0.5) is 14.5 Å². The van der Waals surface area contributed by atoms with E-state index in [1.54, 1.807) is 12.1 Å². The number of pyridine rings is 1. The van der Waals surface area contributed by atoms with Crippen LogP contribution < -0.4 is 10.6 Å². The molecule has 0 spiro atoms. The molecule has 1 saturated heterocycles. The lowest BCUT2D eigenvalue weighted by atomic mass is 9.93. The highest BCUT2D eigenvalue weighted by Gasteiger charge is 2.15. The zero-order valence-electron chi connectivity index (χ0n) is 14.3. The number of aromatic nitrogens is 1.